The lowest BCUT2D eigenvalue weighted by molar-refractivity contribution is -0.192. The van der Waals surface area contributed by atoms with E-state index in [1.807, 2.05) is 0 Å². The highest BCUT2D eigenvalue weighted by Gasteiger charge is 2.38. The zero-order valence-corrected chi connectivity index (χ0v) is 19.1. The maximum absolute atomic E-state index is 12.3. The summed E-state index contributed by atoms with van der Waals surface area (Å²) in [7, 11) is 0. The number of halogens is 3. The number of piperidine rings is 1. The van der Waals surface area contributed by atoms with Gasteiger partial charge in [0, 0.05) is 37.1 Å². The number of carboxylic acid groups (broad SMARTS) is 1. The summed E-state index contributed by atoms with van der Waals surface area (Å²) in [4.78, 5) is 46.5. The van der Waals surface area contributed by atoms with Crippen molar-refractivity contribution in [2.24, 2.45) is 5.73 Å². The maximum atomic E-state index is 12.3. The maximum Gasteiger partial charge on any atom is 0.490 e. The first-order chi connectivity index (χ1) is 16.3. The van der Waals surface area contributed by atoms with Crippen LogP contribution in [0, 0.1) is 5.41 Å². The van der Waals surface area contributed by atoms with Crippen LogP contribution < -0.4 is 5.73 Å². The number of benzene rings is 1. The summed E-state index contributed by atoms with van der Waals surface area (Å²) in [6.07, 6.45) is -3.54. The van der Waals surface area contributed by atoms with Crippen molar-refractivity contribution in [1.29, 1.82) is 5.41 Å². The van der Waals surface area contributed by atoms with Crippen molar-refractivity contribution in [3.05, 3.63) is 35.4 Å². The second-order valence-electron chi connectivity index (χ2n) is 7.41. The molecule has 1 aromatic rings. The summed E-state index contributed by atoms with van der Waals surface area (Å²) in [5.74, 6) is -3.36. The number of ether oxygens (including phenoxy) is 2. The number of aliphatic carboxylic acids is 1. The van der Waals surface area contributed by atoms with Gasteiger partial charge in [-0.15, -0.1) is 0 Å². The molecule has 1 heterocycles. The molecule has 35 heavy (non-hydrogen) atoms. The van der Waals surface area contributed by atoms with Gasteiger partial charge in [0.05, 0.1) is 12.7 Å². The Balaban J connectivity index is 0.000000762. The predicted octanol–water partition coefficient (Wildman–Crippen LogP) is 2.14. The number of hydrogen-bond donors (Lipinski definition) is 3. The van der Waals surface area contributed by atoms with Crippen molar-refractivity contribution >= 4 is 29.5 Å². The van der Waals surface area contributed by atoms with Gasteiger partial charge in [0.2, 0.25) is 5.91 Å². The number of esters is 1. The highest BCUT2D eigenvalue weighted by atomic mass is 19.4. The quantitative estimate of drug-likeness (QED) is 0.200. The standard InChI is InChI=1S/C20H27N3O5.C2HF3O2/c1-2-27-19(26)13-28-16-9-11-23(12-10-16)18(25)8-7-17(24)14-3-5-15(6-4-14)20(21)22;3-2(4,5)1(6)7/h3-6,16H,2,7-13H2,1H3,(H3,21,22);(H,6,7). The average molecular weight is 503 g/mol. The monoisotopic (exact) mass is 503 g/mol. The minimum absolute atomic E-state index is 0.0520. The van der Waals surface area contributed by atoms with Crippen molar-refractivity contribution in [2.45, 2.75) is 44.9 Å². The number of hydrogen-bond acceptors (Lipinski definition) is 7. The average Bonchev–Trinajstić information content (AvgIpc) is 2.81. The van der Waals surface area contributed by atoms with Crippen LogP contribution >= 0.6 is 0 Å². The summed E-state index contributed by atoms with van der Waals surface area (Å²) in [5, 5.41) is 14.5. The van der Waals surface area contributed by atoms with Crippen LogP contribution in [-0.4, -0.2) is 78.1 Å². The van der Waals surface area contributed by atoms with Crippen LogP contribution in [0.25, 0.3) is 0 Å². The van der Waals surface area contributed by atoms with Gasteiger partial charge in [-0.25, -0.2) is 9.59 Å². The molecular formula is C22H28F3N3O7. The van der Waals surface area contributed by atoms with Crippen LogP contribution in [0.5, 0.6) is 0 Å². The number of carboxylic acids is 1. The Hall–Kier alpha value is -3.48. The molecule has 0 saturated carbocycles. The number of carbonyl (C=O) groups excluding carboxylic acids is 3. The molecule has 0 aromatic heterocycles. The van der Waals surface area contributed by atoms with E-state index in [9.17, 15) is 27.6 Å². The fourth-order valence-corrected chi connectivity index (χ4v) is 3.02. The molecule has 0 radical (unpaired) electrons. The molecule has 1 fully saturated rings. The number of ketones is 1. The van der Waals surface area contributed by atoms with Gasteiger partial charge in [-0.1, -0.05) is 24.3 Å². The van der Waals surface area contributed by atoms with E-state index in [-0.39, 0.29) is 49.0 Å². The van der Waals surface area contributed by atoms with Crippen LogP contribution in [0.4, 0.5) is 13.2 Å². The Morgan fingerprint density at radius 3 is 2.06 bits per heavy atom. The summed E-state index contributed by atoms with van der Waals surface area (Å²) in [6.45, 7) is 3.10. The highest BCUT2D eigenvalue weighted by Crippen LogP contribution is 2.16. The molecule has 4 N–H and O–H groups in total. The van der Waals surface area contributed by atoms with Crippen LogP contribution in [0.1, 0.15) is 48.5 Å². The van der Waals surface area contributed by atoms with Gasteiger partial charge in [-0.05, 0) is 19.8 Å². The molecule has 2 rings (SSSR count). The minimum Gasteiger partial charge on any atom is -0.475 e. The smallest absolute Gasteiger partial charge is 0.475 e. The Labute approximate surface area is 199 Å². The molecule has 194 valence electrons. The molecule has 0 unspecified atom stereocenters. The number of nitrogens with zero attached hydrogens (tertiary/aromatic N) is 1. The van der Waals surface area contributed by atoms with E-state index in [0.29, 0.717) is 43.7 Å². The number of amides is 1. The molecule has 13 heteroatoms. The van der Waals surface area contributed by atoms with Crippen LogP contribution in [0.15, 0.2) is 24.3 Å². The number of amidine groups is 1. The molecule has 1 aromatic carbocycles. The minimum atomic E-state index is -5.08. The van der Waals surface area contributed by atoms with Gasteiger partial charge in [-0.3, -0.25) is 15.0 Å². The van der Waals surface area contributed by atoms with Crippen LogP contribution in [0.3, 0.4) is 0 Å². The number of nitrogens with one attached hydrogen (secondary N) is 1. The first-order valence-electron chi connectivity index (χ1n) is 10.7. The second-order valence-corrected chi connectivity index (χ2v) is 7.41. The lowest BCUT2D eigenvalue weighted by Gasteiger charge is -2.31. The molecule has 1 aliphatic heterocycles. The van der Waals surface area contributed by atoms with Gasteiger partial charge in [0.15, 0.2) is 5.78 Å². The SMILES string of the molecule is CCOC(=O)COC1CCN(C(=O)CCC(=O)c2ccc(C(=N)N)cc2)CC1.O=C(O)C(F)(F)F. The predicted molar refractivity (Wildman–Crippen MR) is 117 cm³/mol. The van der Waals surface area contributed by atoms with E-state index >= 15 is 0 Å². The normalized spacial score (nSPS) is 13.9. The molecule has 0 atom stereocenters. The van der Waals surface area contributed by atoms with Crippen molar-refractivity contribution in [1.82, 2.24) is 4.90 Å². The lowest BCUT2D eigenvalue weighted by atomic mass is 10.0. The van der Waals surface area contributed by atoms with E-state index in [0.717, 1.165) is 0 Å². The topological polar surface area (TPSA) is 160 Å². The second kappa shape index (κ2) is 14.0. The lowest BCUT2D eigenvalue weighted by Crippen LogP contribution is -2.41. The molecule has 0 bridgehead atoms. The van der Waals surface area contributed by atoms with E-state index in [1.54, 1.807) is 36.1 Å². The number of nitrogens with two attached hydrogens (primary N) is 1. The third-order valence-corrected chi connectivity index (χ3v) is 4.86. The Morgan fingerprint density at radius 2 is 1.60 bits per heavy atom. The van der Waals surface area contributed by atoms with Crippen LogP contribution in [0.2, 0.25) is 0 Å². The Kier molecular flexibility index (Phi) is 11.9. The zero-order chi connectivity index (χ0) is 26.6. The van der Waals surface area contributed by atoms with Crippen molar-refractivity contribution in [2.75, 3.05) is 26.3 Å². The highest BCUT2D eigenvalue weighted by molar-refractivity contribution is 6.00. The number of carbonyl (C=O) groups is 4. The molecular weight excluding hydrogens is 475 g/mol. The van der Waals surface area contributed by atoms with Gasteiger partial charge < -0.3 is 25.2 Å². The van der Waals surface area contributed by atoms with Crippen molar-refractivity contribution in [3.8, 4) is 0 Å². The summed E-state index contributed by atoms with van der Waals surface area (Å²) in [6, 6.07) is 6.49. The van der Waals surface area contributed by atoms with Gasteiger partial charge in [0.1, 0.15) is 12.4 Å². The van der Waals surface area contributed by atoms with E-state index in [4.69, 9.17) is 30.5 Å². The molecule has 1 aliphatic rings. The first-order valence-corrected chi connectivity index (χ1v) is 10.7. The third kappa shape index (κ3) is 11.0. The van der Waals surface area contributed by atoms with Gasteiger partial charge in [-0.2, -0.15) is 13.2 Å². The third-order valence-electron chi connectivity index (χ3n) is 4.86. The van der Waals surface area contributed by atoms with E-state index in [2.05, 4.69) is 0 Å². The molecule has 0 aliphatic carbocycles. The Morgan fingerprint density at radius 1 is 1.09 bits per heavy atom. The van der Waals surface area contributed by atoms with Gasteiger partial charge in [0.25, 0.3) is 0 Å². The summed E-state index contributed by atoms with van der Waals surface area (Å²) < 4.78 is 42.1. The summed E-state index contributed by atoms with van der Waals surface area (Å²) >= 11 is 0. The van der Waals surface area contributed by atoms with E-state index in [1.165, 1.54) is 0 Å². The number of Topliss-reactive ketones (excluding diaryl/α,β-unsaturated/α-hetero) is 1. The number of nitrogen functional groups attached to an aromatic ring is 1. The number of alkyl halides is 3. The van der Waals surface area contributed by atoms with E-state index < -0.39 is 12.1 Å². The largest absolute Gasteiger partial charge is 0.490 e. The fraction of sp³-hybridized carbons (Fsp3) is 0.500. The molecule has 1 amide bonds. The molecule has 10 nitrogen and oxygen atoms in total. The summed E-state index contributed by atoms with van der Waals surface area (Å²) in [5.41, 5.74) is 6.45. The number of likely N-dealkylation sites (tertiary alicyclic amines) is 1. The molecule has 1 saturated heterocycles. The Bertz CT molecular complexity index is 897. The van der Waals surface area contributed by atoms with Crippen molar-refractivity contribution < 1.29 is 46.9 Å². The zero-order valence-electron chi connectivity index (χ0n) is 19.1. The molecule has 0 spiro atoms. The van der Waals surface area contributed by atoms with Crippen molar-refractivity contribution in [3.63, 3.8) is 0 Å². The number of rotatable bonds is 9. The fourth-order valence-electron chi connectivity index (χ4n) is 3.02. The first kappa shape index (κ1) is 29.6. The van der Waals surface area contributed by atoms with Crippen LogP contribution in [-0.2, 0) is 23.9 Å². The van der Waals surface area contributed by atoms with Gasteiger partial charge >= 0.3 is 18.1 Å².